The van der Waals surface area contributed by atoms with Crippen LogP contribution in [0.1, 0.15) is 25.1 Å². The van der Waals surface area contributed by atoms with Crippen LogP contribution < -0.4 is 10.6 Å². The number of anilines is 2. The number of nitrogens with zero attached hydrogens (tertiary/aromatic N) is 4. The average Bonchev–Trinajstić information content (AvgIpc) is 2.80. The van der Waals surface area contributed by atoms with Gasteiger partial charge in [-0.25, -0.2) is 9.97 Å². The SMILES string of the molecule is CCCNc1cc(NCc2noc(C)n2)ncn1. The highest BCUT2D eigenvalue weighted by molar-refractivity contribution is 5.46. The van der Waals surface area contributed by atoms with Gasteiger partial charge in [0.1, 0.15) is 18.0 Å². The molecule has 2 N–H and O–H groups in total. The van der Waals surface area contributed by atoms with E-state index in [2.05, 4.69) is 37.7 Å². The molecule has 18 heavy (non-hydrogen) atoms. The molecule has 0 aliphatic rings. The zero-order valence-electron chi connectivity index (χ0n) is 10.5. The van der Waals surface area contributed by atoms with Gasteiger partial charge in [0.05, 0.1) is 6.54 Å². The summed E-state index contributed by atoms with van der Waals surface area (Å²) in [5.41, 5.74) is 0. The molecular weight excluding hydrogens is 232 g/mol. The van der Waals surface area contributed by atoms with E-state index in [0.717, 1.165) is 24.6 Å². The number of nitrogens with one attached hydrogen (secondary N) is 2. The molecule has 2 aromatic heterocycles. The lowest BCUT2D eigenvalue weighted by atomic mass is 10.4. The lowest BCUT2D eigenvalue weighted by Crippen LogP contribution is -2.06. The van der Waals surface area contributed by atoms with Gasteiger partial charge in [-0.3, -0.25) is 0 Å². The highest BCUT2D eigenvalue weighted by atomic mass is 16.5. The van der Waals surface area contributed by atoms with Crippen molar-refractivity contribution in [2.24, 2.45) is 0 Å². The van der Waals surface area contributed by atoms with Crippen LogP contribution in [-0.4, -0.2) is 26.7 Å². The van der Waals surface area contributed by atoms with Crippen LogP contribution in [0.2, 0.25) is 0 Å². The van der Waals surface area contributed by atoms with E-state index in [-0.39, 0.29) is 0 Å². The number of hydrogen-bond acceptors (Lipinski definition) is 7. The van der Waals surface area contributed by atoms with Gasteiger partial charge in [0.15, 0.2) is 5.82 Å². The van der Waals surface area contributed by atoms with Gasteiger partial charge in [-0.15, -0.1) is 0 Å². The van der Waals surface area contributed by atoms with Crippen LogP contribution in [0.25, 0.3) is 0 Å². The molecule has 0 aliphatic carbocycles. The molecular formula is C11H16N6O. The second kappa shape index (κ2) is 5.95. The molecule has 7 heteroatoms. The van der Waals surface area contributed by atoms with E-state index in [4.69, 9.17) is 4.52 Å². The molecule has 2 aromatic rings. The molecule has 96 valence electrons. The summed E-state index contributed by atoms with van der Waals surface area (Å²) in [6.45, 7) is 5.22. The molecule has 0 bridgehead atoms. The van der Waals surface area contributed by atoms with Crippen molar-refractivity contribution in [2.45, 2.75) is 26.8 Å². The van der Waals surface area contributed by atoms with Crippen molar-refractivity contribution in [3.63, 3.8) is 0 Å². The van der Waals surface area contributed by atoms with Crippen LogP contribution in [-0.2, 0) is 6.54 Å². The van der Waals surface area contributed by atoms with Crippen LogP contribution in [0.15, 0.2) is 16.9 Å². The standard InChI is InChI=1S/C11H16N6O/c1-3-4-12-9-5-10(15-7-14-9)13-6-11-16-8(2)18-17-11/h5,7H,3-4,6H2,1-2H3,(H2,12,13,14,15). The second-order valence-corrected chi connectivity index (χ2v) is 3.80. The van der Waals surface area contributed by atoms with E-state index in [0.29, 0.717) is 18.3 Å². The number of rotatable bonds is 6. The fraction of sp³-hybridized carbons (Fsp3) is 0.455. The molecule has 0 saturated carbocycles. The van der Waals surface area contributed by atoms with Crippen LogP contribution in [0.5, 0.6) is 0 Å². The summed E-state index contributed by atoms with van der Waals surface area (Å²) < 4.78 is 4.88. The summed E-state index contributed by atoms with van der Waals surface area (Å²) in [5, 5.41) is 10.1. The third-order valence-corrected chi connectivity index (χ3v) is 2.22. The predicted molar refractivity (Wildman–Crippen MR) is 67.2 cm³/mol. The van der Waals surface area contributed by atoms with Gasteiger partial charge in [0, 0.05) is 19.5 Å². The topological polar surface area (TPSA) is 88.8 Å². The third kappa shape index (κ3) is 3.41. The van der Waals surface area contributed by atoms with Crippen molar-refractivity contribution in [3.8, 4) is 0 Å². The highest BCUT2D eigenvalue weighted by Crippen LogP contribution is 2.09. The van der Waals surface area contributed by atoms with Gasteiger partial charge in [0.25, 0.3) is 0 Å². The normalized spacial score (nSPS) is 10.3. The van der Waals surface area contributed by atoms with Crippen molar-refractivity contribution in [1.29, 1.82) is 0 Å². The van der Waals surface area contributed by atoms with Crippen molar-refractivity contribution in [3.05, 3.63) is 24.1 Å². The van der Waals surface area contributed by atoms with Gasteiger partial charge in [0.2, 0.25) is 5.89 Å². The largest absolute Gasteiger partial charge is 0.370 e. The Balaban J connectivity index is 1.92. The van der Waals surface area contributed by atoms with Gasteiger partial charge >= 0.3 is 0 Å². The monoisotopic (exact) mass is 248 g/mol. The summed E-state index contributed by atoms with van der Waals surface area (Å²) in [6.07, 6.45) is 2.57. The first kappa shape index (κ1) is 12.3. The van der Waals surface area contributed by atoms with Gasteiger partial charge in [-0.05, 0) is 6.42 Å². The minimum absolute atomic E-state index is 0.474. The molecule has 2 heterocycles. The lowest BCUT2D eigenvalue weighted by molar-refractivity contribution is 0.388. The van der Waals surface area contributed by atoms with E-state index in [9.17, 15) is 0 Å². The Kier molecular flexibility index (Phi) is 4.06. The van der Waals surface area contributed by atoms with E-state index in [1.165, 1.54) is 6.33 Å². The maximum Gasteiger partial charge on any atom is 0.223 e. The first-order valence-electron chi connectivity index (χ1n) is 5.87. The summed E-state index contributed by atoms with van der Waals surface area (Å²) in [5.74, 6) is 2.69. The van der Waals surface area contributed by atoms with Crippen LogP contribution in [0.3, 0.4) is 0 Å². The Hall–Kier alpha value is -2.18. The summed E-state index contributed by atoms with van der Waals surface area (Å²) >= 11 is 0. The Morgan fingerprint density at radius 1 is 1.22 bits per heavy atom. The van der Waals surface area contributed by atoms with E-state index < -0.39 is 0 Å². The van der Waals surface area contributed by atoms with Gasteiger partial charge < -0.3 is 15.2 Å². The maximum atomic E-state index is 4.88. The molecule has 2 rings (SSSR count). The molecule has 0 saturated heterocycles. The van der Waals surface area contributed by atoms with Crippen molar-refractivity contribution < 1.29 is 4.52 Å². The number of hydrogen-bond donors (Lipinski definition) is 2. The molecule has 0 unspecified atom stereocenters. The second-order valence-electron chi connectivity index (χ2n) is 3.80. The zero-order valence-corrected chi connectivity index (χ0v) is 10.5. The molecule has 0 atom stereocenters. The molecule has 7 nitrogen and oxygen atoms in total. The first-order valence-corrected chi connectivity index (χ1v) is 5.87. The zero-order chi connectivity index (χ0) is 12.8. The number of aromatic nitrogens is 4. The van der Waals surface area contributed by atoms with Crippen LogP contribution in [0.4, 0.5) is 11.6 Å². The fourth-order valence-electron chi connectivity index (χ4n) is 1.39. The molecule has 0 spiro atoms. The van der Waals surface area contributed by atoms with Gasteiger partial charge in [-0.1, -0.05) is 12.1 Å². The molecule has 0 aliphatic heterocycles. The van der Waals surface area contributed by atoms with Crippen molar-refractivity contribution >= 4 is 11.6 Å². The fourth-order valence-corrected chi connectivity index (χ4v) is 1.39. The maximum absolute atomic E-state index is 4.88. The smallest absolute Gasteiger partial charge is 0.223 e. The Bertz CT molecular complexity index is 498. The first-order chi connectivity index (χ1) is 8.78. The Morgan fingerprint density at radius 2 is 2.00 bits per heavy atom. The molecule has 0 fully saturated rings. The summed E-state index contributed by atoms with van der Waals surface area (Å²) in [4.78, 5) is 12.3. The summed E-state index contributed by atoms with van der Waals surface area (Å²) in [6, 6.07) is 1.85. The quantitative estimate of drug-likeness (QED) is 0.802. The predicted octanol–water partition coefficient (Wildman–Crippen LogP) is 1.60. The number of aryl methyl sites for hydroxylation is 1. The average molecular weight is 248 g/mol. The van der Waals surface area contributed by atoms with E-state index >= 15 is 0 Å². The van der Waals surface area contributed by atoms with E-state index in [1.807, 2.05) is 6.07 Å². The van der Waals surface area contributed by atoms with Crippen LogP contribution >= 0.6 is 0 Å². The molecule has 0 amide bonds. The van der Waals surface area contributed by atoms with Gasteiger partial charge in [-0.2, -0.15) is 4.98 Å². The van der Waals surface area contributed by atoms with Crippen molar-refractivity contribution in [2.75, 3.05) is 17.2 Å². The van der Waals surface area contributed by atoms with Crippen molar-refractivity contribution in [1.82, 2.24) is 20.1 Å². The summed E-state index contributed by atoms with van der Waals surface area (Å²) in [7, 11) is 0. The minimum atomic E-state index is 0.474. The third-order valence-electron chi connectivity index (χ3n) is 2.22. The highest BCUT2D eigenvalue weighted by Gasteiger charge is 2.03. The molecule has 0 aromatic carbocycles. The Morgan fingerprint density at radius 3 is 2.67 bits per heavy atom. The van der Waals surface area contributed by atoms with Crippen LogP contribution in [0, 0.1) is 6.92 Å². The Labute approximate surface area is 105 Å². The lowest BCUT2D eigenvalue weighted by Gasteiger charge is -2.06. The van der Waals surface area contributed by atoms with E-state index in [1.54, 1.807) is 6.92 Å². The molecule has 0 radical (unpaired) electrons. The minimum Gasteiger partial charge on any atom is -0.370 e.